The van der Waals surface area contributed by atoms with Gasteiger partial charge >= 0.3 is 16.4 Å². The highest BCUT2D eigenvalue weighted by Crippen LogP contribution is 3.02. The monoisotopic (exact) mass is 452 g/mol. The second-order valence-corrected chi connectivity index (χ2v) is 8.30. The van der Waals surface area contributed by atoms with E-state index >= 15 is 0 Å². The Hall–Kier alpha value is -2.84. The summed E-state index contributed by atoms with van der Waals surface area (Å²) < 4.78 is 102. The molecule has 0 aliphatic heterocycles. The number of hydrogen-bond donors (Lipinski definition) is 4. The summed E-state index contributed by atoms with van der Waals surface area (Å²) in [4.78, 5) is 14.4. The Morgan fingerprint density at radius 1 is 1.17 bits per heavy atom. The van der Waals surface area contributed by atoms with Gasteiger partial charge in [-0.3, -0.25) is 15.2 Å². The maximum atomic E-state index is 12.8. The molecule has 2 aromatic rings. The zero-order valence-corrected chi connectivity index (χ0v) is 14.9. The maximum absolute atomic E-state index is 12.8. The van der Waals surface area contributed by atoms with Crippen LogP contribution >= 0.6 is 10.2 Å². The van der Waals surface area contributed by atoms with Gasteiger partial charge in [0, 0.05) is 6.04 Å². The third-order valence-corrected chi connectivity index (χ3v) is 4.78. The maximum Gasteiger partial charge on any atom is 0.433 e. The third kappa shape index (κ3) is 5.16. The van der Waals surface area contributed by atoms with Crippen molar-refractivity contribution in [2.24, 2.45) is 0 Å². The van der Waals surface area contributed by atoms with Gasteiger partial charge in [0.1, 0.15) is 16.3 Å². The minimum atomic E-state index is -9.90. The van der Waals surface area contributed by atoms with Crippen molar-refractivity contribution in [2.45, 2.75) is 24.0 Å². The summed E-state index contributed by atoms with van der Waals surface area (Å²) in [6.07, 6.45) is -5.24. The predicted molar refractivity (Wildman–Crippen MR) is 89.3 cm³/mol. The second kappa shape index (κ2) is 6.08. The molecule has 0 aliphatic rings. The number of halogens is 8. The second-order valence-electron chi connectivity index (χ2n) is 5.89. The molecule has 2 rings (SSSR count). The zero-order chi connectivity index (χ0) is 22.5. The predicted octanol–water partition coefficient (Wildman–Crippen LogP) is 5.24. The first-order chi connectivity index (χ1) is 12.8. The molecule has 29 heavy (non-hydrogen) atoms. The number of aromatic nitrogens is 2. The molecule has 15 heteroatoms. The number of nitrogens with zero attached hydrogens (tertiary/aromatic N) is 1. The Morgan fingerprint density at radius 2 is 1.69 bits per heavy atom. The molecule has 0 saturated carbocycles. The molecule has 0 aliphatic carbocycles. The fraction of sp³-hybridized carbons (Fsp3) is 0.214. The van der Waals surface area contributed by atoms with Gasteiger partial charge in [-0.2, -0.15) is 18.2 Å². The highest BCUT2D eigenvalue weighted by Gasteiger charge is 2.65. The van der Waals surface area contributed by atoms with E-state index in [0.29, 0.717) is 12.1 Å². The van der Waals surface area contributed by atoms with Gasteiger partial charge in [-0.05, 0) is 24.6 Å². The number of aromatic hydroxyl groups is 1. The highest BCUT2D eigenvalue weighted by molar-refractivity contribution is 8.45. The highest BCUT2D eigenvalue weighted by atomic mass is 32.5. The van der Waals surface area contributed by atoms with Gasteiger partial charge < -0.3 is 10.4 Å². The molecular weight excluding hydrogens is 440 g/mol. The van der Waals surface area contributed by atoms with E-state index in [-0.39, 0.29) is 17.7 Å². The van der Waals surface area contributed by atoms with E-state index in [2.05, 4.69) is 10.3 Å². The first kappa shape index (κ1) is 22.4. The Kier molecular flexibility index (Phi) is 4.70. The average molecular weight is 452 g/mol. The third-order valence-electron chi connectivity index (χ3n) is 3.62. The molecule has 0 saturated heterocycles. The van der Waals surface area contributed by atoms with Crippen LogP contribution in [-0.2, 0) is 0 Å². The van der Waals surface area contributed by atoms with Crippen molar-refractivity contribution in [1.29, 1.82) is 5.41 Å². The molecule has 162 valence electrons. The first-order valence-corrected chi connectivity index (χ1v) is 9.34. The van der Waals surface area contributed by atoms with Crippen LogP contribution in [-0.4, -0.2) is 27.0 Å². The molecule has 1 atom stereocenters. The van der Waals surface area contributed by atoms with Gasteiger partial charge in [-0.1, -0.05) is 31.6 Å². The fourth-order valence-corrected chi connectivity index (χ4v) is 2.89. The van der Waals surface area contributed by atoms with E-state index < -0.39 is 56.0 Å². The molecule has 6 nitrogen and oxygen atoms in total. The number of benzene rings is 1. The number of aromatic amines is 1. The number of anilines is 1. The number of rotatable bonds is 5. The van der Waals surface area contributed by atoms with E-state index in [9.17, 15) is 42.5 Å². The van der Waals surface area contributed by atoms with Crippen LogP contribution in [0.5, 0.6) is 6.01 Å². The molecule has 4 N–H and O–H groups in total. The topological polar surface area (TPSA) is 102 Å². The molecule has 1 aromatic heterocycles. The molecule has 1 heterocycles. The lowest BCUT2D eigenvalue weighted by molar-refractivity contribution is -0.0588. The van der Waals surface area contributed by atoms with Crippen molar-refractivity contribution in [3.63, 3.8) is 0 Å². The van der Waals surface area contributed by atoms with E-state index in [0.717, 1.165) is 0 Å². The van der Waals surface area contributed by atoms with Crippen LogP contribution in [0, 0.1) is 5.41 Å². The molecule has 0 spiro atoms. The van der Waals surface area contributed by atoms with Crippen LogP contribution in [0.4, 0.5) is 38.4 Å². The van der Waals surface area contributed by atoms with Crippen LogP contribution in [0.25, 0.3) is 0 Å². The SMILES string of the molecule is CC(Nc1nc(O)[nH]c(=O)c1C(=N)C(F)(F)F)c1ccc(S(F)(F)(F)(F)F)cc1. The van der Waals surface area contributed by atoms with Crippen LogP contribution in [0.2, 0.25) is 0 Å². The summed E-state index contributed by atoms with van der Waals surface area (Å²) >= 11 is 0. The van der Waals surface area contributed by atoms with Gasteiger partial charge in [-0.15, -0.1) is 0 Å². The molecule has 0 bridgehead atoms. The quantitative estimate of drug-likeness (QED) is 0.368. The molecule has 0 radical (unpaired) electrons. The Balaban J connectivity index is 2.43. The van der Waals surface area contributed by atoms with Crippen LogP contribution in [0.3, 0.4) is 0 Å². The van der Waals surface area contributed by atoms with Gasteiger partial charge in [0.15, 0.2) is 5.71 Å². The fourth-order valence-electron chi connectivity index (χ4n) is 2.24. The number of nitrogens with one attached hydrogen (secondary N) is 3. The Labute approximate surface area is 156 Å². The van der Waals surface area contributed by atoms with Crippen LogP contribution in [0.1, 0.15) is 24.1 Å². The van der Waals surface area contributed by atoms with Crippen molar-refractivity contribution in [2.75, 3.05) is 5.32 Å². The molecule has 1 aromatic carbocycles. The lowest BCUT2D eigenvalue weighted by atomic mass is 10.1. The minimum absolute atomic E-state index is 0.0818. The lowest BCUT2D eigenvalue weighted by Gasteiger charge is -2.40. The zero-order valence-electron chi connectivity index (χ0n) is 14.1. The van der Waals surface area contributed by atoms with Crippen molar-refractivity contribution in [3.8, 4) is 6.01 Å². The van der Waals surface area contributed by atoms with Gasteiger partial charge in [0.25, 0.3) is 11.6 Å². The number of hydrogen-bond acceptors (Lipinski definition) is 5. The van der Waals surface area contributed by atoms with E-state index in [1.165, 1.54) is 6.92 Å². The Bertz CT molecular complexity index is 1020. The molecular formula is C14H12F8N4O2S. The summed E-state index contributed by atoms with van der Waals surface area (Å²) in [6, 6.07) is -0.692. The van der Waals surface area contributed by atoms with Crippen molar-refractivity contribution >= 4 is 21.8 Å². The summed E-state index contributed by atoms with van der Waals surface area (Å²) in [5.41, 5.74) is -4.93. The normalized spacial score (nSPS) is 15.9. The molecule has 0 fully saturated rings. The van der Waals surface area contributed by atoms with Crippen molar-refractivity contribution in [1.82, 2.24) is 9.97 Å². The van der Waals surface area contributed by atoms with E-state index in [1.807, 2.05) is 0 Å². The lowest BCUT2D eigenvalue weighted by Crippen LogP contribution is -2.31. The van der Waals surface area contributed by atoms with Gasteiger partial charge in [-0.25, -0.2) is 0 Å². The first-order valence-electron chi connectivity index (χ1n) is 7.39. The standard InChI is InChI=1S/C14H12F8N4O2S/c1-6(7-2-4-8(5-3-7)29(18,19,20,21)22)24-11-9(10(23)14(15,16)17)12(27)26-13(28)25-11/h2-6,23H,1H3,(H3,24,25,26,27,28). The van der Waals surface area contributed by atoms with Crippen molar-refractivity contribution in [3.05, 3.63) is 45.7 Å². The van der Waals surface area contributed by atoms with E-state index in [1.54, 1.807) is 4.98 Å². The summed E-state index contributed by atoms with van der Waals surface area (Å²) in [7, 11) is -9.90. The van der Waals surface area contributed by atoms with E-state index in [4.69, 9.17) is 5.41 Å². The molecule has 1 unspecified atom stereocenters. The number of alkyl halides is 3. The summed E-state index contributed by atoms with van der Waals surface area (Å²) in [5.74, 6) is -0.877. The average Bonchev–Trinajstić information content (AvgIpc) is 2.51. The number of H-pyrrole nitrogens is 1. The van der Waals surface area contributed by atoms with Crippen LogP contribution < -0.4 is 10.9 Å². The van der Waals surface area contributed by atoms with Crippen molar-refractivity contribution < 1.29 is 37.7 Å². The molecule has 0 amide bonds. The summed E-state index contributed by atoms with van der Waals surface area (Å²) in [6.45, 7) is 1.22. The summed E-state index contributed by atoms with van der Waals surface area (Å²) in [5, 5.41) is 18.7. The van der Waals surface area contributed by atoms with Gasteiger partial charge in [0.2, 0.25) is 0 Å². The largest absolute Gasteiger partial charge is 0.480 e. The van der Waals surface area contributed by atoms with Gasteiger partial charge in [0.05, 0.1) is 0 Å². The minimum Gasteiger partial charge on any atom is -0.480 e. The van der Waals surface area contributed by atoms with Crippen LogP contribution in [0.15, 0.2) is 34.0 Å². The Morgan fingerprint density at radius 3 is 2.14 bits per heavy atom. The smallest absolute Gasteiger partial charge is 0.433 e.